The third kappa shape index (κ3) is 4.80. The lowest BCUT2D eigenvalue weighted by atomic mass is 10.3. The molecule has 0 fully saturated rings. The highest BCUT2D eigenvalue weighted by Gasteiger charge is 2.09. The highest BCUT2D eigenvalue weighted by atomic mass is 79.9. The van der Waals surface area contributed by atoms with Gasteiger partial charge >= 0.3 is 0 Å². The number of hydrogen-bond donors (Lipinski definition) is 3. The number of ether oxygens (including phenoxy) is 1. The first-order chi connectivity index (χ1) is 14.2. The topological polar surface area (TPSA) is 98.0 Å². The molecule has 2 aromatic heterocycles. The van der Waals surface area contributed by atoms with Crippen LogP contribution in [0.2, 0.25) is 0 Å². The smallest absolute Gasteiger partial charge is 0.160 e. The zero-order valence-electron chi connectivity index (χ0n) is 15.2. The Kier molecular flexibility index (Phi) is 5.53. The van der Waals surface area contributed by atoms with Crippen LogP contribution < -0.4 is 21.1 Å². The summed E-state index contributed by atoms with van der Waals surface area (Å²) in [6.45, 7) is 0. The summed E-state index contributed by atoms with van der Waals surface area (Å²) >= 11 is 3.36. The second-order valence-corrected chi connectivity index (χ2v) is 6.95. The van der Waals surface area contributed by atoms with Gasteiger partial charge in [0.1, 0.15) is 29.3 Å². The maximum Gasteiger partial charge on any atom is 0.160 e. The number of nitrogens with two attached hydrogens (primary N) is 1. The van der Waals surface area contributed by atoms with Crippen molar-refractivity contribution in [3.8, 4) is 11.5 Å². The first kappa shape index (κ1) is 18.7. The van der Waals surface area contributed by atoms with E-state index in [9.17, 15) is 0 Å². The summed E-state index contributed by atoms with van der Waals surface area (Å²) < 4.78 is 6.69. The van der Waals surface area contributed by atoms with Crippen molar-refractivity contribution in [1.82, 2.24) is 15.0 Å². The molecule has 0 aliphatic heterocycles. The van der Waals surface area contributed by atoms with Crippen LogP contribution >= 0.6 is 15.9 Å². The number of benzene rings is 2. The van der Waals surface area contributed by atoms with Crippen LogP contribution in [0.5, 0.6) is 11.5 Å². The molecule has 0 unspecified atom stereocenters. The van der Waals surface area contributed by atoms with Crippen molar-refractivity contribution in [1.29, 1.82) is 0 Å². The lowest BCUT2D eigenvalue weighted by Gasteiger charge is -2.12. The normalized spacial score (nSPS) is 10.4. The fourth-order valence-corrected chi connectivity index (χ4v) is 2.77. The molecule has 0 aliphatic rings. The number of rotatable bonds is 6. The predicted octanol–water partition coefficient (Wildman–Crippen LogP) is 5.50. The Labute approximate surface area is 176 Å². The Balaban J connectivity index is 1.47. The number of nitrogen functional groups attached to an aromatic ring is 1. The molecule has 0 spiro atoms. The van der Waals surface area contributed by atoms with Gasteiger partial charge in [0.15, 0.2) is 11.6 Å². The van der Waals surface area contributed by atoms with E-state index in [-0.39, 0.29) is 0 Å². The number of anilines is 5. The monoisotopic (exact) mass is 448 g/mol. The maximum absolute atomic E-state index is 6.23. The second kappa shape index (κ2) is 8.57. The van der Waals surface area contributed by atoms with Gasteiger partial charge < -0.3 is 21.1 Å². The van der Waals surface area contributed by atoms with E-state index in [1.54, 1.807) is 6.20 Å². The van der Waals surface area contributed by atoms with Gasteiger partial charge in [-0.25, -0.2) is 15.0 Å². The Hall–Kier alpha value is -3.65. The number of para-hydroxylation sites is 1. The van der Waals surface area contributed by atoms with Gasteiger partial charge in [0.2, 0.25) is 0 Å². The summed E-state index contributed by atoms with van der Waals surface area (Å²) in [5.74, 6) is 3.12. The first-order valence-electron chi connectivity index (χ1n) is 8.76. The molecule has 0 amide bonds. The number of halogens is 1. The van der Waals surface area contributed by atoms with E-state index in [0.717, 1.165) is 21.7 Å². The molecule has 0 bridgehead atoms. The number of aromatic nitrogens is 3. The summed E-state index contributed by atoms with van der Waals surface area (Å²) in [6, 6.07) is 20.8. The third-order valence-corrected chi connectivity index (χ3v) is 4.42. The largest absolute Gasteiger partial charge is 0.457 e. The lowest BCUT2D eigenvalue weighted by Crippen LogP contribution is -2.05. The molecular formula is C21H17BrN6O. The minimum atomic E-state index is 0.391. The average molecular weight is 449 g/mol. The van der Waals surface area contributed by atoms with Gasteiger partial charge in [-0.1, -0.05) is 18.2 Å². The Morgan fingerprint density at radius 2 is 1.45 bits per heavy atom. The molecule has 0 aliphatic carbocycles. The van der Waals surface area contributed by atoms with Gasteiger partial charge in [-0.2, -0.15) is 0 Å². The van der Waals surface area contributed by atoms with E-state index in [1.807, 2.05) is 66.7 Å². The first-order valence-corrected chi connectivity index (χ1v) is 9.56. The standard InChI is InChI=1S/C21H17BrN6O/c22-14-6-11-18(24-12-14)28-21-19(23)20(25-13-26-21)27-15-7-9-17(10-8-15)29-16-4-2-1-3-5-16/h1-13H,23H2,(H2,24,25,26,27,28). The zero-order valence-corrected chi connectivity index (χ0v) is 16.8. The van der Waals surface area contributed by atoms with E-state index < -0.39 is 0 Å². The predicted molar refractivity (Wildman–Crippen MR) is 118 cm³/mol. The quantitative estimate of drug-likeness (QED) is 0.358. The van der Waals surface area contributed by atoms with Gasteiger partial charge in [0.05, 0.1) is 0 Å². The summed E-state index contributed by atoms with van der Waals surface area (Å²) in [5, 5.41) is 6.29. The third-order valence-electron chi connectivity index (χ3n) is 3.95. The number of hydrogen-bond acceptors (Lipinski definition) is 7. The molecule has 4 aromatic rings. The van der Waals surface area contributed by atoms with Crippen LogP contribution in [0.25, 0.3) is 0 Å². The second-order valence-electron chi connectivity index (χ2n) is 6.04. The molecule has 4 N–H and O–H groups in total. The highest BCUT2D eigenvalue weighted by Crippen LogP contribution is 2.29. The summed E-state index contributed by atoms with van der Waals surface area (Å²) in [4.78, 5) is 12.7. The molecule has 2 heterocycles. The molecular weight excluding hydrogens is 432 g/mol. The van der Waals surface area contributed by atoms with Crippen molar-refractivity contribution in [3.63, 3.8) is 0 Å². The molecule has 7 nitrogen and oxygen atoms in total. The van der Waals surface area contributed by atoms with Crippen molar-refractivity contribution in [3.05, 3.63) is 83.7 Å². The summed E-state index contributed by atoms with van der Waals surface area (Å²) in [6.07, 6.45) is 3.13. The maximum atomic E-state index is 6.23. The van der Waals surface area contributed by atoms with Crippen LogP contribution in [0.3, 0.4) is 0 Å². The lowest BCUT2D eigenvalue weighted by molar-refractivity contribution is 0.483. The molecule has 144 valence electrons. The minimum absolute atomic E-state index is 0.391. The van der Waals surface area contributed by atoms with Gasteiger partial charge in [-0.3, -0.25) is 0 Å². The molecule has 29 heavy (non-hydrogen) atoms. The fraction of sp³-hybridized carbons (Fsp3) is 0. The summed E-state index contributed by atoms with van der Waals surface area (Å²) in [5.41, 5.74) is 7.44. The van der Waals surface area contributed by atoms with Crippen molar-refractivity contribution in [2.45, 2.75) is 0 Å². The van der Waals surface area contributed by atoms with Crippen LogP contribution in [-0.2, 0) is 0 Å². The Morgan fingerprint density at radius 3 is 2.14 bits per heavy atom. The minimum Gasteiger partial charge on any atom is -0.457 e. The molecule has 2 aromatic carbocycles. The van der Waals surface area contributed by atoms with Crippen LogP contribution in [0.1, 0.15) is 0 Å². The van der Waals surface area contributed by atoms with E-state index in [4.69, 9.17) is 10.5 Å². The number of nitrogens with zero attached hydrogens (tertiary/aromatic N) is 3. The zero-order chi connectivity index (χ0) is 20.1. The Bertz CT molecular complexity index is 1090. The molecule has 0 radical (unpaired) electrons. The average Bonchev–Trinajstić information content (AvgIpc) is 2.75. The van der Waals surface area contributed by atoms with Crippen LogP contribution in [-0.4, -0.2) is 15.0 Å². The Morgan fingerprint density at radius 1 is 0.759 bits per heavy atom. The van der Waals surface area contributed by atoms with Crippen LogP contribution in [0.15, 0.2) is 83.7 Å². The van der Waals surface area contributed by atoms with Gasteiger partial charge in [-0.05, 0) is 64.5 Å². The van der Waals surface area contributed by atoms with E-state index >= 15 is 0 Å². The SMILES string of the molecule is Nc1c(Nc2ccc(Oc3ccccc3)cc2)ncnc1Nc1ccc(Br)cn1. The number of pyridine rings is 1. The van der Waals surface area contributed by atoms with E-state index in [0.29, 0.717) is 23.1 Å². The van der Waals surface area contributed by atoms with Gasteiger partial charge in [0.25, 0.3) is 0 Å². The molecule has 0 atom stereocenters. The molecule has 4 rings (SSSR count). The van der Waals surface area contributed by atoms with Crippen LogP contribution in [0.4, 0.5) is 28.8 Å². The van der Waals surface area contributed by atoms with Crippen molar-refractivity contribution in [2.75, 3.05) is 16.4 Å². The fourth-order valence-electron chi connectivity index (χ4n) is 2.53. The van der Waals surface area contributed by atoms with E-state index in [2.05, 4.69) is 41.5 Å². The number of nitrogens with one attached hydrogen (secondary N) is 2. The van der Waals surface area contributed by atoms with Crippen LogP contribution in [0, 0.1) is 0 Å². The van der Waals surface area contributed by atoms with E-state index in [1.165, 1.54) is 6.33 Å². The molecule has 0 saturated carbocycles. The highest BCUT2D eigenvalue weighted by molar-refractivity contribution is 9.10. The molecule has 0 saturated heterocycles. The van der Waals surface area contributed by atoms with Gasteiger partial charge in [0, 0.05) is 16.4 Å². The molecule has 8 heteroatoms. The summed E-state index contributed by atoms with van der Waals surface area (Å²) in [7, 11) is 0. The van der Waals surface area contributed by atoms with Crippen molar-refractivity contribution >= 4 is 44.8 Å². The van der Waals surface area contributed by atoms with Crippen molar-refractivity contribution in [2.24, 2.45) is 0 Å². The van der Waals surface area contributed by atoms with Gasteiger partial charge in [-0.15, -0.1) is 0 Å². The van der Waals surface area contributed by atoms with Crippen molar-refractivity contribution < 1.29 is 4.74 Å².